The van der Waals surface area contributed by atoms with E-state index in [1.54, 1.807) is 14.0 Å². The number of rotatable bonds is 3. The first-order valence-electron chi connectivity index (χ1n) is 5.77. The van der Waals surface area contributed by atoms with Crippen molar-refractivity contribution in [3.05, 3.63) is 23.8 Å². The Kier molecular flexibility index (Phi) is 3.18. The molecule has 18 heavy (non-hydrogen) atoms. The van der Waals surface area contributed by atoms with E-state index in [4.69, 9.17) is 5.73 Å². The molecule has 0 atom stereocenters. The lowest BCUT2D eigenvalue weighted by atomic mass is 10.3. The lowest BCUT2D eigenvalue weighted by molar-refractivity contribution is -0.119. The summed E-state index contributed by atoms with van der Waals surface area (Å²) in [5, 5.41) is 9.50. The molecule has 1 aliphatic carbocycles. The average molecular weight is 248 g/mol. The maximum absolute atomic E-state index is 11.9. The van der Waals surface area contributed by atoms with Crippen molar-refractivity contribution in [1.82, 2.24) is 9.97 Å². The normalized spacial score (nSPS) is 15.6. The summed E-state index contributed by atoms with van der Waals surface area (Å²) < 4.78 is 0. The SMILES string of the molecule is Cc1nc(N(C)C(=O)C2CC2)cnc1C(O)=CN. The van der Waals surface area contributed by atoms with Gasteiger partial charge in [-0.1, -0.05) is 0 Å². The van der Waals surface area contributed by atoms with E-state index in [0.29, 0.717) is 17.2 Å². The number of carbonyl (C=O) groups is 1. The highest BCUT2D eigenvalue weighted by molar-refractivity contribution is 5.95. The van der Waals surface area contributed by atoms with Crippen molar-refractivity contribution in [3.63, 3.8) is 0 Å². The molecule has 2 rings (SSSR count). The van der Waals surface area contributed by atoms with Crippen LogP contribution in [-0.2, 0) is 4.79 Å². The largest absolute Gasteiger partial charge is 0.504 e. The summed E-state index contributed by atoms with van der Waals surface area (Å²) in [7, 11) is 1.68. The van der Waals surface area contributed by atoms with Gasteiger partial charge >= 0.3 is 0 Å². The number of carbonyl (C=O) groups excluding carboxylic acids is 1. The fourth-order valence-corrected chi connectivity index (χ4v) is 1.68. The number of aromatic nitrogens is 2. The molecular formula is C12H16N4O2. The van der Waals surface area contributed by atoms with E-state index in [2.05, 4.69) is 9.97 Å². The summed E-state index contributed by atoms with van der Waals surface area (Å²) in [5.41, 5.74) is 6.08. The quantitative estimate of drug-likeness (QED) is 0.778. The van der Waals surface area contributed by atoms with Crippen molar-refractivity contribution in [2.45, 2.75) is 19.8 Å². The fraction of sp³-hybridized carbons (Fsp3) is 0.417. The van der Waals surface area contributed by atoms with Gasteiger partial charge in [0.2, 0.25) is 5.91 Å². The number of anilines is 1. The minimum Gasteiger partial charge on any atom is -0.504 e. The smallest absolute Gasteiger partial charge is 0.231 e. The monoisotopic (exact) mass is 248 g/mol. The lowest BCUT2D eigenvalue weighted by Gasteiger charge is -2.16. The topological polar surface area (TPSA) is 92.3 Å². The molecule has 0 radical (unpaired) electrons. The number of aliphatic hydroxyl groups excluding tert-OH is 1. The molecule has 0 unspecified atom stereocenters. The van der Waals surface area contributed by atoms with Gasteiger partial charge in [0.1, 0.15) is 5.69 Å². The van der Waals surface area contributed by atoms with Gasteiger partial charge in [-0.2, -0.15) is 0 Å². The average Bonchev–Trinajstić information content (AvgIpc) is 3.20. The molecule has 6 heteroatoms. The van der Waals surface area contributed by atoms with Crippen LogP contribution in [0.2, 0.25) is 0 Å². The number of hydrogen-bond donors (Lipinski definition) is 2. The van der Waals surface area contributed by atoms with Crippen LogP contribution in [0.5, 0.6) is 0 Å². The van der Waals surface area contributed by atoms with Gasteiger partial charge < -0.3 is 10.8 Å². The molecule has 1 fully saturated rings. The molecule has 0 bridgehead atoms. The molecule has 0 aliphatic heterocycles. The van der Waals surface area contributed by atoms with Gasteiger partial charge in [-0.05, 0) is 19.8 Å². The number of hydrogen-bond acceptors (Lipinski definition) is 5. The maximum Gasteiger partial charge on any atom is 0.231 e. The second-order valence-electron chi connectivity index (χ2n) is 4.39. The second kappa shape index (κ2) is 4.64. The van der Waals surface area contributed by atoms with Crippen molar-refractivity contribution in [3.8, 4) is 0 Å². The summed E-state index contributed by atoms with van der Waals surface area (Å²) in [5.74, 6) is 0.560. The molecule has 1 aliphatic rings. The van der Waals surface area contributed by atoms with E-state index >= 15 is 0 Å². The van der Waals surface area contributed by atoms with E-state index in [0.717, 1.165) is 19.0 Å². The van der Waals surface area contributed by atoms with Crippen LogP contribution in [0.25, 0.3) is 5.76 Å². The highest BCUT2D eigenvalue weighted by Gasteiger charge is 2.33. The third-order valence-corrected chi connectivity index (χ3v) is 2.94. The Morgan fingerprint density at radius 1 is 1.61 bits per heavy atom. The van der Waals surface area contributed by atoms with Gasteiger partial charge in [-0.15, -0.1) is 0 Å². The van der Waals surface area contributed by atoms with Crippen LogP contribution >= 0.6 is 0 Å². The Morgan fingerprint density at radius 2 is 2.28 bits per heavy atom. The van der Waals surface area contributed by atoms with E-state index in [1.165, 1.54) is 11.1 Å². The van der Waals surface area contributed by atoms with E-state index in [1.807, 2.05) is 0 Å². The van der Waals surface area contributed by atoms with Crippen LogP contribution < -0.4 is 10.6 Å². The number of aliphatic hydroxyl groups is 1. The van der Waals surface area contributed by atoms with Gasteiger partial charge in [0, 0.05) is 19.2 Å². The zero-order chi connectivity index (χ0) is 13.3. The Morgan fingerprint density at radius 3 is 2.78 bits per heavy atom. The van der Waals surface area contributed by atoms with Crippen molar-refractivity contribution in [2.75, 3.05) is 11.9 Å². The van der Waals surface area contributed by atoms with Gasteiger partial charge in [0.15, 0.2) is 11.6 Å². The summed E-state index contributed by atoms with van der Waals surface area (Å²) in [6.07, 6.45) is 4.42. The van der Waals surface area contributed by atoms with Gasteiger partial charge in [-0.25, -0.2) is 9.97 Å². The molecule has 3 N–H and O–H groups in total. The van der Waals surface area contributed by atoms with Gasteiger partial charge in [-0.3, -0.25) is 9.69 Å². The molecule has 1 heterocycles. The Hall–Kier alpha value is -2.11. The molecule has 6 nitrogen and oxygen atoms in total. The summed E-state index contributed by atoms with van der Waals surface area (Å²) in [6.45, 7) is 1.71. The zero-order valence-corrected chi connectivity index (χ0v) is 10.4. The van der Waals surface area contributed by atoms with Crippen LogP contribution in [0.1, 0.15) is 24.2 Å². The van der Waals surface area contributed by atoms with Crippen LogP contribution in [-0.4, -0.2) is 28.0 Å². The third-order valence-electron chi connectivity index (χ3n) is 2.94. The number of aryl methyl sites for hydroxylation is 1. The molecule has 1 aromatic rings. The zero-order valence-electron chi connectivity index (χ0n) is 10.4. The Balaban J connectivity index is 2.25. The van der Waals surface area contributed by atoms with Gasteiger partial charge in [0.05, 0.1) is 11.9 Å². The predicted molar refractivity (Wildman–Crippen MR) is 67.7 cm³/mol. The van der Waals surface area contributed by atoms with Crippen molar-refractivity contribution in [1.29, 1.82) is 0 Å². The molecule has 1 saturated carbocycles. The lowest BCUT2D eigenvalue weighted by Crippen LogP contribution is -2.28. The first kappa shape index (κ1) is 12.3. The molecular weight excluding hydrogens is 232 g/mol. The first-order valence-corrected chi connectivity index (χ1v) is 5.77. The minimum atomic E-state index is -0.122. The van der Waals surface area contributed by atoms with E-state index in [-0.39, 0.29) is 17.6 Å². The minimum absolute atomic E-state index is 0.0649. The van der Waals surface area contributed by atoms with Crippen molar-refractivity contribution >= 4 is 17.5 Å². The highest BCUT2D eigenvalue weighted by atomic mass is 16.3. The van der Waals surface area contributed by atoms with Crippen LogP contribution in [0.15, 0.2) is 12.4 Å². The molecule has 1 amide bonds. The second-order valence-corrected chi connectivity index (χ2v) is 4.39. The summed E-state index contributed by atoms with van der Waals surface area (Å²) in [6, 6.07) is 0. The predicted octanol–water partition coefficient (Wildman–Crippen LogP) is 0.973. The van der Waals surface area contributed by atoms with E-state index in [9.17, 15) is 9.90 Å². The highest BCUT2D eigenvalue weighted by Crippen LogP contribution is 2.31. The van der Waals surface area contributed by atoms with Crippen molar-refractivity contribution in [2.24, 2.45) is 11.7 Å². The first-order chi connectivity index (χ1) is 8.54. The molecule has 0 saturated heterocycles. The van der Waals surface area contributed by atoms with Crippen molar-refractivity contribution < 1.29 is 9.90 Å². The van der Waals surface area contributed by atoms with Gasteiger partial charge in [0.25, 0.3) is 0 Å². The Labute approximate surface area is 105 Å². The fourth-order valence-electron chi connectivity index (χ4n) is 1.68. The summed E-state index contributed by atoms with van der Waals surface area (Å²) in [4.78, 5) is 21.7. The van der Waals surface area contributed by atoms with Crippen LogP contribution in [0, 0.1) is 12.8 Å². The molecule has 1 aromatic heterocycles. The van der Waals surface area contributed by atoms with Crippen LogP contribution in [0.3, 0.4) is 0 Å². The summed E-state index contributed by atoms with van der Waals surface area (Å²) >= 11 is 0. The number of amides is 1. The maximum atomic E-state index is 11.9. The van der Waals surface area contributed by atoms with E-state index < -0.39 is 0 Å². The molecule has 0 spiro atoms. The molecule has 96 valence electrons. The Bertz CT molecular complexity index is 509. The van der Waals surface area contributed by atoms with Crippen LogP contribution in [0.4, 0.5) is 5.82 Å². The standard InChI is InChI=1S/C12H16N4O2/c1-7-11(9(17)5-13)14-6-10(15-7)16(2)12(18)8-3-4-8/h5-6,8,17H,3-4,13H2,1-2H3. The third kappa shape index (κ3) is 2.27. The number of nitrogens with two attached hydrogens (primary N) is 1. The molecule has 0 aromatic carbocycles. The number of nitrogens with zero attached hydrogens (tertiary/aromatic N) is 3.